The van der Waals surface area contributed by atoms with Crippen LogP contribution in [0.15, 0.2) is 78.1 Å². The van der Waals surface area contributed by atoms with Gasteiger partial charge in [-0.05, 0) is 109 Å². The molecule has 2 aliphatic carbocycles. The normalized spacial score (nSPS) is 21.9. The summed E-state index contributed by atoms with van der Waals surface area (Å²) in [5, 5.41) is 7.62. The van der Waals surface area contributed by atoms with E-state index < -0.39 is 37.1 Å². The summed E-state index contributed by atoms with van der Waals surface area (Å²) in [6.45, 7) is 5.04. The number of hydrogen-bond donors (Lipinski definition) is 1. The lowest BCUT2D eigenvalue weighted by Gasteiger charge is -2.38. The number of nitrogens with zero attached hydrogens (tertiary/aromatic N) is 12. The highest BCUT2D eigenvalue weighted by atomic mass is 79.9. The molecule has 2 N–H and O–H groups in total. The zero-order chi connectivity index (χ0) is 49.0. The van der Waals surface area contributed by atoms with Crippen molar-refractivity contribution in [2.24, 2.45) is 35.3 Å². The second-order valence-electron chi connectivity index (χ2n) is 17.6. The Morgan fingerprint density at radius 3 is 1.54 bits per heavy atom. The molecule has 24 heteroatoms. The van der Waals surface area contributed by atoms with Crippen LogP contribution in [0.25, 0.3) is 0 Å². The summed E-state index contributed by atoms with van der Waals surface area (Å²) in [7, 11) is 0. The molecular weight excluding hydrogens is 986 g/mol. The van der Waals surface area contributed by atoms with Crippen LogP contribution < -0.4 is 25.0 Å². The highest BCUT2D eigenvalue weighted by molar-refractivity contribution is 9.10. The van der Waals surface area contributed by atoms with Crippen LogP contribution in [0, 0.1) is 55.1 Å². The largest absolute Gasteiger partial charge is 0.424 e. The van der Waals surface area contributed by atoms with E-state index in [-0.39, 0.29) is 34.2 Å². The van der Waals surface area contributed by atoms with E-state index in [4.69, 9.17) is 15.2 Å². The molecule has 2 aliphatic heterocycles. The van der Waals surface area contributed by atoms with Crippen molar-refractivity contribution in [1.29, 1.82) is 0 Å². The maximum absolute atomic E-state index is 13.5. The number of fused-ring (bicyclic) bond motifs is 4. The molecule has 0 radical (unpaired) electrons. The molecule has 15 nitrogen and oxygen atoms in total. The molecule has 0 spiro atoms. The molecule has 6 heterocycles. The molecule has 6 aromatic rings. The van der Waals surface area contributed by atoms with Crippen molar-refractivity contribution >= 4 is 27.6 Å². The molecule has 0 amide bonds. The van der Waals surface area contributed by atoms with Gasteiger partial charge in [0.15, 0.2) is 5.82 Å². The smallest absolute Gasteiger partial charge is 0.408 e. The van der Waals surface area contributed by atoms with Gasteiger partial charge in [-0.1, -0.05) is 12.1 Å². The van der Waals surface area contributed by atoms with E-state index in [1.54, 1.807) is 12.7 Å². The minimum Gasteiger partial charge on any atom is -0.424 e. The Bertz CT molecular complexity index is 2660. The van der Waals surface area contributed by atoms with E-state index in [0.717, 1.165) is 74.2 Å². The molecule has 2 aromatic carbocycles. The van der Waals surface area contributed by atoms with Crippen molar-refractivity contribution in [2.75, 3.05) is 36.0 Å². The third kappa shape index (κ3) is 13.2. The molecule has 4 fully saturated rings. The van der Waals surface area contributed by atoms with Gasteiger partial charge >= 0.3 is 24.4 Å². The van der Waals surface area contributed by atoms with Crippen molar-refractivity contribution in [3.63, 3.8) is 0 Å². The molecule has 4 aliphatic rings. The highest BCUT2D eigenvalue weighted by Gasteiger charge is 2.44. The quantitative estimate of drug-likeness (QED) is 0.129. The van der Waals surface area contributed by atoms with Gasteiger partial charge in [0.25, 0.3) is 0 Å². The van der Waals surface area contributed by atoms with Crippen LogP contribution in [0.1, 0.15) is 42.9 Å². The molecule has 4 atom stereocenters. The van der Waals surface area contributed by atoms with Crippen LogP contribution in [0.5, 0.6) is 23.5 Å². The Kier molecular flexibility index (Phi) is 15.0. The highest BCUT2D eigenvalue weighted by Crippen LogP contribution is 2.44. The van der Waals surface area contributed by atoms with Crippen LogP contribution in [-0.4, -0.2) is 94.0 Å². The Labute approximate surface area is 399 Å². The maximum Gasteiger partial charge on any atom is 0.408 e. The number of hydrogen-bond acceptors (Lipinski definition) is 13. The molecular formula is C45H48BrF8N13O2. The third-order valence-corrected chi connectivity index (χ3v) is 12.9. The Morgan fingerprint density at radius 1 is 0.623 bits per heavy atom. The lowest BCUT2D eigenvalue weighted by Crippen LogP contribution is -2.49. The molecule has 10 rings (SSSR count). The molecule has 4 unspecified atom stereocenters. The van der Waals surface area contributed by atoms with E-state index in [1.165, 1.54) is 49.2 Å². The summed E-state index contributed by atoms with van der Waals surface area (Å²) in [6.07, 6.45) is -0.609. The summed E-state index contributed by atoms with van der Waals surface area (Å²) in [5.74, 6) is 3.58. The number of alkyl halides is 6. The van der Waals surface area contributed by atoms with E-state index in [9.17, 15) is 35.1 Å². The van der Waals surface area contributed by atoms with Crippen LogP contribution in [0.2, 0.25) is 0 Å². The predicted octanol–water partition coefficient (Wildman–Crippen LogP) is 9.07. The summed E-state index contributed by atoms with van der Waals surface area (Å²) in [5.41, 5.74) is 8.14. The minimum atomic E-state index is -4.49. The third-order valence-electron chi connectivity index (χ3n) is 12.5. The number of halogens is 9. The number of aromatic nitrogens is 10. The van der Waals surface area contributed by atoms with Gasteiger partial charge in [0.05, 0.1) is 0 Å². The lowest BCUT2D eigenvalue weighted by molar-refractivity contribution is -0.144. The number of ether oxygens (including phenoxy) is 2. The monoisotopic (exact) mass is 1030 g/mol. The van der Waals surface area contributed by atoms with Crippen LogP contribution in [0.3, 0.4) is 0 Å². The predicted molar refractivity (Wildman–Crippen MR) is 238 cm³/mol. The Balaban J connectivity index is 0.000000154. The average molecular weight is 1030 g/mol. The molecule has 69 heavy (non-hydrogen) atoms. The average Bonchev–Trinajstić information content (AvgIpc) is 3.91. The van der Waals surface area contributed by atoms with Crippen molar-refractivity contribution in [2.45, 2.75) is 77.4 Å². The fraction of sp³-hybridized carbons (Fsp3) is 0.467. The lowest BCUT2D eigenvalue weighted by atomic mass is 9.82. The first-order valence-electron chi connectivity index (χ1n) is 22.2. The zero-order valence-electron chi connectivity index (χ0n) is 37.3. The van der Waals surface area contributed by atoms with Crippen molar-refractivity contribution < 1.29 is 44.6 Å². The summed E-state index contributed by atoms with van der Waals surface area (Å²) < 4.78 is 115. The summed E-state index contributed by atoms with van der Waals surface area (Å²) in [4.78, 5) is 29.6. The summed E-state index contributed by atoms with van der Waals surface area (Å²) in [6, 6.07) is 13.9. The van der Waals surface area contributed by atoms with Gasteiger partial charge in [0.1, 0.15) is 60.5 Å². The van der Waals surface area contributed by atoms with Gasteiger partial charge in [-0.3, -0.25) is 0 Å². The second kappa shape index (κ2) is 20.9. The van der Waals surface area contributed by atoms with Crippen LogP contribution in [-0.2, 0) is 19.5 Å². The second-order valence-corrected chi connectivity index (χ2v) is 18.3. The number of rotatable bonds is 10. The topological polar surface area (TPSA) is 164 Å². The van der Waals surface area contributed by atoms with E-state index in [2.05, 4.69) is 71.9 Å². The first-order valence-corrected chi connectivity index (χ1v) is 23.0. The number of anilines is 2. The fourth-order valence-electron chi connectivity index (χ4n) is 9.47. The Hall–Kier alpha value is -6.04. The minimum absolute atomic E-state index is 0.0309. The van der Waals surface area contributed by atoms with Gasteiger partial charge in [-0.2, -0.15) is 41.4 Å². The first kappa shape index (κ1) is 49.4. The molecule has 4 bridgehead atoms. The van der Waals surface area contributed by atoms with E-state index in [1.807, 2.05) is 19.9 Å². The van der Waals surface area contributed by atoms with Crippen molar-refractivity contribution in [3.8, 4) is 23.5 Å². The Morgan fingerprint density at radius 2 is 1.07 bits per heavy atom. The molecule has 4 aromatic heterocycles. The molecule has 2 saturated carbocycles. The SMILES string of the molecule is Cc1cc(N2CC3CCC(C2)C3Cc2nc(Oc3cccc(F)c3)n(CC(F)(F)F)n2)ncn1.Cc1cc(N2CC3CCC(C2)C3N)ncn1.Fc1cccc(Oc2nc(Br)nn2CC(F)(F)F)c1. The van der Waals surface area contributed by atoms with E-state index in [0.29, 0.717) is 51.3 Å². The van der Waals surface area contributed by atoms with Crippen LogP contribution in [0.4, 0.5) is 46.8 Å². The molecule has 2 saturated heterocycles. The van der Waals surface area contributed by atoms with Gasteiger partial charge in [0, 0.05) is 74.3 Å². The number of aryl methyl sites for hydroxylation is 2. The number of nitrogens with two attached hydrogens (primary N) is 1. The van der Waals surface area contributed by atoms with Crippen molar-refractivity contribution in [1.82, 2.24) is 49.5 Å². The first-order chi connectivity index (χ1) is 32.8. The van der Waals surface area contributed by atoms with E-state index >= 15 is 0 Å². The van der Waals surface area contributed by atoms with Gasteiger partial charge in [0.2, 0.25) is 4.73 Å². The van der Waals surface area contributed by atoms with Crippen molar-refractivity contribution in [3.05, 3.63) is 107 Å². The number of piperidine rings is 2. The molecule has 368 valence electrons. The summed E-state index contributed by atoms with van der Waals surface area (Å²) >= 11 is 2.85. The zero-order valence-corrected chi connectivity index (χ0v) is 38.9. The van der Waals surface area contributed by atoms with Gasteiger partial charge in [-0.25, -0.2) is 38.1 Å². The number of benzene rings is 2. The maximum atomic E-state index is 13.5. The van der Waals surface area contributed by atoms with Gasteiger partial charge < -0.3 is 25.0 Å². The fourth-order valence-corrected chi connectivity index (χ4v) is 9.82. The standard InChI is InChI=1S/C23H24F4N6O.C12H18N4.C10H6BrF4N3O/c1-14-7-21(29-13-28-14)32-10-15-5-6-16(11-32)19(15)9-20-30-22(33(31-20)12-23(25,26)27)34-18-4-2-3-17(24)8-18;1-8-4-11(15-7-14-8)16-5-9-2-3-10(6-16)12(9)13;11-8-16-9(18(17-8)5-10(13,14)15)19-7-3-1-2-6(12)4-7/h2-4,7-8,13,15-16,19H,5-6,9-12H2,1H3;4,7,9-10,12H,2-3,5-6,13H2,1H3;1-4H,5H2. The van der Waals surface area contributed by atoms with Crippen LogP contribution >= 0.6 is 15.9 Å². The van der Waals surface area contributed by atoms with Gasteiger partial charge in [-0.15, -0.1) is 5.10 Å².